The standard InChI is InChI=1S/C21H15ClN4O5S2/c1-11-4-3-5-13(8-11)19(28)31-16-7-6-12(10-15(16)22)9-14-17(23)26-20(24-18(14)27)32-21(25-26)33(2,29)30/h3-10,23H,1-2H3/b14-9-,23-17?. The average Bonchev–Trinajstić information content (AvgIpc) is 3.17. The average molecular weight is 503 g/mol. The van der Waals surface area contributed by atoms with Crippen LogP contribution in [-0.4, -0.2) is 46.9 Å². The number of hydrogen-bond acceptors (Lipinski definition) is 8. The zero-order valence-electron chi connectivity index (χ0n) is 17.2. The Morgan fingerprint density at radius 2 is 2.00 bits per heavy atom. The van der Waals surface area contributed by atoms with E-state index in [2.05, 4.69) is 10.1 Å². The molecule has 2 heterocycles. The first-order valence-corrected chi connectivity index (χ1v) is 12.4. The quantitative estimate of drug-likeness (QED) is 0.386. The van der Waals surface area contributed by atoms with E-state index in [4.69, 9.17) is 21.7 Å². The van der Waals surface area contributed by atoms with Gasteiger partial charge in [-0.15, -0.1) is 5.10 Å². The third kappa shape index (κ3) is 4.75. The Kier molecular flexibility index (Phi) is 5.95. The second-order valence-corrected chi connectivity index (χ2v) is 10.7. The summed E-state index contributed by atoms with van der Waals surface area (Å²) in [5.41, 5.74) is 1.64. The summed E-state index contributed by atoms with van der Waals surface area (Å²) in [5, 5.41) is 13.3. The van der Waals surface area contributed by atoms with Gasteiger partial charge in [0.25, 0.3) is 5.91 Å². The number of nitrogens with one attached hydrogen (secondary N) is 1. The minimum absolute atomic E-state index is 0.000911. The fourth-order valence-electron chi connectivity index (χ4n) is 2.91. The van der Waals surface area contributed by atoms with Crippen molar-refractivity contribution in [3.05, 3.63) is 69.8 Å². The molecule has 2 aromatic rings. The summed E-state index contributed by atoms with van der Waals surface area (Å²) in [6, 6.07) is 11.4. The smallest absolute Gasteiger partial charge is 0.343 e. The van der Waals surface area contributed by atoms with Crippen molar-refractivity contribution in [3.8, 4) is 5.75 Å². The van der Waals surface area contributed by atoms with Crippen LogP contribution < -0.4 is 4.74 Å². The minimum Gasteiger partial charge on any atom is -0.421 e. The van der Waals surface area contributed by atoms with Gasteiger partial charge in [-0.05, 0) is 54.6 Å². The highest BCUT2D eigenvalue weighted by Crippen LogP contribution is 2.31. The molecule has 1 amide bonds. The number of amidine groups is 2. The van der Waals surface area contributed by atoms with Gasteiger partial charge in [0.15, 0.2) is 5.84 Å². The van der Waals surface area contributed by atoms with Crippen LogP contribution in [0.15, 0.2) is 58.1 Å². The molecule has 0 saturated carbocycles. The van der Waals surface area contributed by atoms with E-state index in [9.17, 15) is 18.0 Å². The number of thioether (sulfide) groups is 1. The highest BCUT2D eigenvalue weighted by Gasteiger charge is 2.38. The number of aliphatic imine (C=N–C) groups is 1. The van der Waals surface area contributed by atoms with Crippen molar-refractivity contribution in [1.82, 2.24) is 5.01 Å². The maximum atomic E-state index is 12.5. The maximum Gasteiger partial charge on any atom is 0.343 e. The van der Waals surface area contributed by atoms with Crippen molar-refractivity contribution < 1.29 is 22.7 Å². The van der Waals surface area contributed by atoms with Gasteiger partial charge in [0, 0.05) is 6.26 Å². The molecule has 0 aromatic heterocycles. The number of halogens is 1. The van der Waals surface area contributed by atoms with Gasteiger partial charge in [0.1, 0.15) is 5.75 Å². The number of amides is 1. The normalized spacial score (nSPS) is 17.1. The zero-order valence-corrected chi connectivity index (χ0v) is 19.6. The van der Waals surface area contributed by atoms with E-state index >= 15 is 0 Å². The number of hydrogen-bond donors (Lipinski definition) is 1. The Morgan fingerprint density at radius 3 is 2.67 bits per heavy atom. The van der Waals surface area contributed by atoms with E-state index in [0.29, 0.717) is 22.9 Å². The molecule has 0 saturated heterocycles. The van der Waals surface area contributed by atoms with Crippen LogP contribution in [0, 0.1) is 12.3 Å². The number of aryl methyl sites for hydroxylation is 1. The molecule has 0 unspecified atom stereocenters. The first-order valence-electron chi connectivity index (χ1n) is 9.31. The number of carbonyl (C=O) groups excluding carboxylic acids is 2. The van der Waals surface area contributed by atoms with Crippen molar-refractivity contribution in [2.24, 2.45) is 10.1 Å². The number of rotatable bonds is 3. The van der Waals surface area contributed by atoms with E-state index in [1.54, 1.807) is 24.3 Å². The Hall–Kier alpha value is -3.28. The van der Waals surface area contributed by atoms with Crippen LogP contribution in [-0.2, 0) is 14.6 Å². The Morgan fingerprint density at radius 1 is 1.24 bits per heavy atom. The van der Waals surface area contributed by atoms with Crippen LogP contribution in [0.3, 0.4) is 0 Å². The lowest BCUT2D eigenvalue weighted by molar-refractivity contribution is -0.114. The van der Waals surface area contributed by atoms with Crippen LogP contribution in [0.5, 0.6) is 5.75 Å². The SMILES string of the molecule is Cc1cccc(C(=O)Oc2ccc(/C=C3/C(=N)N4N=C(S(C)(=O)=O)SC4=NC3=O)cc2Cl)c1. The topological polar surface area (TPSA) is 129 Å². The summed E-state index contributed by atoms with van der Waals surface area (Å²) in [6.45, 7) is 1.86. The Labute approximate surface area is 198 Å². The predicted octanol–water partition coefficient (Wildman–Crippen LogP) is 3.49. The molecule has 2 aliphatic rings. The van der Waals surface area contributed by atoms with Gasteiger partial charge in [-0.3, -0.25) is 10.2 Å². The van der Waals surface area contributed by atoms with Crippen LogP contribution in [0.2, 0.25) is 5.02 Å². The number of nitrogens with zero attached hydrogens (tertiary/aromatic N) is 3. The fourth-order valence-corrected chi connectivity index (χ4v) is 4.82. The summed E-state index contributed by atoms with van der Waals surface area (Å²) < 4.78 is 28.6. The third-order valence-corrected chi connectivity index (χ3v) is 7.35. The first-order chi connectivity index (χ1) is 15.5. The fraction of sp³-hybridized carbons (Fsp3) is 0.0952. The summed E-state index contributed by atoms with van der Waals surface area (Å²) in [7, 11) is -3.62. The lowest BCUT2D eigenvalue weighted by Gasteiger charge is -2.20. The molecule has 0 radical (unpaired) electrons. The maximum absolute atomic E-state index is 12.5. The van der Waals surface area contributed by atoms with Gasteiger partial charge in [-0.2, -0.15) is 10.0 Å². The van der Waals surface area contributed by atoms with Gasteiger partial charge in [-0.1, -0.05) is 35.4 Å². The molecular formula is C21H15ClN4O5S2. The summed E-state index contributed by atoms with van der Waals surface area (Å²) in [4.78, 5) is 28.6. The number of ether oxygens (including phenoxy) is 1. The summed E-state index contributed by atoms with van der Waals surface area (Å²) in [5.74, 6) is -1.46. The molecule has 4 rings (SSSR count). The molecule has 2 aromatic carbocycles. The van der Waals surface area contributed by atoms with Crippen LogP contribution >= 0.6 is 23.4 Å². The van der Waals surface area contributed by atoms with Crippen molar-refractivity contribution >= 4 is 66.5 Å². The van der Waals surface area contributed by atoms with E-state index < -0.39 is 21.7 Å². The lowest BCUT2D eigenvalue weighted by Crippen LogP contribution is -2.35. The van der Waals surface area contributed by atoms with Gasteiger partial charge in [0.05, 0.1) is 16.2 Å². The van der Waals surface area contributed by atoms with Crippen LogP contribution in [0.25, 0.3) is 6.08 Å². The molecular weight excluding hydrogens is 488 g/mol. The minimum atomic E-state index is -3.62. The molecule has 0 fully saturated rings. The van der Waals surface area contributed by atoms with Gasteiger partial charge >= 0.3 is 5.97 Å². The lowest BCUT2D eigenvalue weighted by atomic mass is 10.1. The van der Waals surface area contributed by atoms with Crippen molar-refractivity contribution in [3.63, 3.8) is 0 Å². The highest BCUT2D eigenvalue weighted by molar-refractivity contribution is 8.42. The molecule has 168 valence electrons. The number of esters is 1. The van der Waals surface area contributed by atoms with Crippen molar-refractivity contribution in [1.29, 1.82) is 5.41 Å². The Balaban J connectivity index is 1.58. The van der Waals surface area contributed by atoms with Crippen molar-refractivity contribution in [2.75, 3.05) is 6.26 Å². The molecule has 12 heteroatoms. The second-order valence-electron chi connectivity index (χ2n) is 7.11. The number of carbonyl (C=O) groups is 2. The molecule has 0 aliphatic carbocycles. The predicted molar refractivity (Wildman–Crippen MR) is 127 cm³/mol. The van der Waals surface area contributed by atoms with E-state index in [0.717, 1.165) is 16.8 Å². The molecule has 1 N–H and O–H groups in total. The van der Waals surface area contributed by atoms with E-state index in [1.807, 2.05) is 13.0 Å². The number of fused-ring (bicyclic) bond motifs is 1. The molecule has 9 nitrogen and oxygen atoms in total. The summed E-state index contributed by atoms with van der Waals surface area (Å²) in [6.07, 6.45) is 2.36. The van der Waals surface area contributed by atoms with Gasteiger partial charge < -0.3 is 4.74 Å². The third-order valence-electron chi connectivity index (χ3n) is 4.48. The number of sulfone groups is 1. The number of hydrazone groups is 1. The second kappa shape index (κ2) is 8.58. The van der Waals surface area contributed by atoms with Crippen LogP contribution in [0.1, 0.15) is 21.5 Å². The molecule has 2 aliphatic heterocycles. The molecule has 0 spiro atoms. The van der Waals surface area contributed by atoms with Gasteiger partial charge in [0.2, 0.25) is 19.4 Å². The Bertz CT molecular complexity index is 1430. The van der Waals surface area contributed by atoms with Crippen molar-refractivity contribution in [2.45, 2.75) is 6.92 Å². The van der Waals surface area contributed by atoms with Crippen LogP contribution in [0.4, 0.5) is 0 Å². The largest absolute Gasteiger partial charge is 0.421 e. The monoisotopic (exact) mass is 502 g/mol. The summed E-state index contributed by atoms with van der Waals surface area (Å²) >= 11 is 6.97. The number of benzene rings is 2. The first kappa shape index (κ1) is 22.9. The molecule has 0 atom stereocenters. The van der Waals surface area contributed by atoms with E-state index in [-0.39, 0.29) is 31.7 Å². The zero-order chi connectivity index (χ0) is 23.9. The molecule has 33 heavy (non-hydrogen) atoms. The molecule has 0 bridgehead atoms. The van der Waals surface area contributed by atoms with Gasteiger partial charge in [-0.25, -0.2) is 13.2 Å². The highest BCUT2D eigenvalue weighted by atomic mass is 35.5. The van der Waals surface area contributed by atoms with E-state index in [1.165, 1.54) is 18.2 Å².